The molecule has 0 fully saturated rings. The fourth-order valence-electron chi connectivity index (χ4n) is 2.30. The number of nitrogens with zero attached hydrogens (tertiary/aromatic N) is 2. The van der Waals surface area contributed by atoms with Gasteiger partial charge in [-0.25, -0.2) is 8.78 Å². The van der Waals surface area contributed by atoms with Gasteiger partial charge in [0.1, 0.15) is 0 Å². The number of benzene rings is 2. The van der Waals surface area contributed by atoms with Crippen LogP contribution in [0.4, 0.5) is 20.2 Å². The van der Waals surface area contributed by atoms with Gasteiger partial charge in [0.25, 0.3) is 11.8 Å². The number of rotatable bonds is 4. The first-order valence-corrected chi connectivity index (χ1v) is 8.08. The molecule has 2 amide bonds. The molecule has 0 spiro atoms. The van der Waals surface area contributed by atoms with E-state index in [1.54, 1.807) is 37.5 Å². The molecule has 3 aromatic rings. The predicted molar refractivity (Wildman–Crippen MR) is 96.9 cm³/mol. The summed E-state index contributed by atoms with van der Waals surface area (Å²) in [4.78, 5) is 24.4. The lowest BCUT2D eigenvalue weighted by Crippen LogP contribution is -2.15. The SMILES string of the molecule is Cn1ccc(C(=O)Nc2cccc(NC(=O)c3cc(F)c(F)cc3Cl)c2)n1. The van der Waals surface area contributed by atoms with E-state index < -0.39 is 23.4 Å². The van der Waals surface area contributed by atoms with Crippen LogP contribution in [0.1, 0.15) is 20.8 Å². The molecular formula is C18H13ClF2N4O2. The zero-order valence-electron chi connectivity index (χ0n) is 14.0. The Morgan fingerprint density at radius 3 is 2.26 bits per heavy atom. The zero-order chi connectivity index (χ0) is 19.6. The van der Waals surface area contributed by atoms with Crippen molar-refractivity contribution < 1.29 is 18.4 Å². The molecule has 0 atom stereocenters. The molecule has 2 N–H and O–H groups in total. The summed E-state index contributed by atoms with van der Waals surface area (Å²) < 4.78 is 28.0. The Morgan fingerprint density at radius 1 is 1.00 bits per heavy atom. The lowest BCUT2D eigenvalue weighted by molar-refractivity contribution is 0.101. The Morgan fingerprint density at radius 2 is 1.63 bits per heavy atom. The van der Waals surface area contributed by atoms with Crippen molar-refractivity contribution in [2.24, 2.45) is 7.05 Å². The number of nitrogens with one attached hydrogen (secondary N) is 2. The Hall–Kier alpha value is -3.26. The van der Waals surface area contributed by atoms with Gasteiger partial charge in [0.05, 0.1) is 10.6 Å². The summed E-state index contributed by atoms with van der Waals surface area (Å²) in [6.07, 6.45) is 1.64. The first-order chi connectivity index (χ1) is 12.8. The number of hydrogen-bond acceptors (Lipinski definition) is 3. The molecule has 1 aromatic heterocycles. The van der Waals surface area contributed by atoms with Crippen molar-refractivity contribution in [1.29, 1.82) is 0 Å². The van der Waals surface area contributed by atoms with Crippen LogP contribution in [0.25, 0.3) is 0 Å². The summed E-state index contributed by atoms with van der Waals surface area (Å²) in [6.45, 7) is 0. The van der Waals surface area contributed by atoms with E-state index in [1.165, 1.54) is 10.7 Å². The summed E-state index contributed by atoms with van der Waals surface area (Å²) in [5.41, 5.74) is 0.776. The standard InChI is InChI=1S/C18H13ClF2N4O2/c1-25-6-5-16(24-25)18(27)23-11-4-2-3-10(7-11)22-17(26)12-8-14(20)15(21)9-13(12)19/h2-9H,1H3,(H,22,26)(H,23,27). The molecule has 0 aliphatic rings. The molecule has 138 valence electrons. The molecule has 6 nitrogen and oxygen atoms in total. The van der Waals surface area contributed by atoms with E-state index in [2.05, 4.69) is 15.7 Å². The third kappa shape index (κ3) is 4.29. The second-order valence-electron chi connectivity index (χ2n) is 5.61. The highest BCUT2D eigenvalue weighted by molar-refractivity contribution is 6.34. The molecule has 0 aliphatic heterocycles. The molecule has 2 aromatic carbocycles. The van der Waals surface area contributed by atoms with Crippen LogP contribution < -0.4 is 10.6 Å². The van der Waals surface area contributed by atoms with E-state index >= 15 is 0 Å². The third-order valence-electron chi connectivity index (χ3n) is 3.58. The van der Waals surface area contributed by atoms with Crippen LogP contribution in [-0.2, 0) is 7.05 Å². The first-order valence-electron chi connectivity index (χ1n) is 7.70. The van der Waals surface area contributed by atoms with Crippen LogP contribution in [0.2, 0.25) is 5.02 Å². The van der Waals surface area contributed by atoms with Crippen molar-refractivity contribution in [2.75, 3.05) is 10.6 Å². The maximum absolute atomic E-state index is 13.4. The van der Waals surface area contributed by atoms with Gasteiger partial charge in [0.2, 0.25) is 0 Å². The van der Waals surface area contributed by atoms with Gasteiger partial charge in [-0.3, -0.25) is 14.3 Å². The number of amides is 2. The monoisotopic (exact) mass is 390 g/mol. The smallest absolute Gasteiger partial charge is 0.276 e. The molecular weight excluding hydrogens is 378 g/mol. The van der Waals surface area contributed by atoms with Gasteiger partial charge in [0, 0.05) is 24.6 Å². The van der Waals surface area contributed by atoms with Crippen LogP contribution in [0.15, 0.2) is 48.7 Å². The molecule has 0 aliphatic carbocycles. The van der Waals surface area contributed by atoms with Crippen molar-refractivity contribution in [2.45, 2.75) is 0 Å². The van der Waals surface area contributed by atoms with Gasteiger partial charge in [-0.1, -0.05) is 17.7 Å². The maximum Gasteiger partial charge on any atom is 0.276 e. The molecule has 1 heterocycles. The average Bonchev–Trinajstić information content (AvgIpc) is 3.05. The second-order valence-corrected chi connectivity index (χ2v) is 6.02. The highest BCUT2D eigenvalue weighted by Crippen LogP contribution is 2.22. The minimum absolute atomic E-state index is 0.210. The lowest BCUT2D eigenvalue weighted by atomic mass is 10.2. The predicted octanol–water partition coefficient (Wildman–Crippen LogP) is 3.86. The van der Waals surface area contributed by atoms with Crippen LogP contribution in [0.3, 0.4) is 0 Å². The lowest BCUT2D eigenvalue weighted by Gasteiger charge is -2.09. The fraction of sp³-hybridized carbons (Fsp3) is 0.0556. The quantitative estimate of drug-likeness (QED) is 0.664. The summed E-state index contributed by atoms with van der Waals surface area (Å²) >= 11 is 5.80. The van der Waals surface area contributed by atoms with E-state index in [9.17, 15) is 18.4 Å². The normalized spacial score (nSPS) is 10.5. The van der Waals surface area contributed by atoms with Gasteiger partial charge in [-0.05, 0) is 36.4 Å². The summed E-state index contributed by atoms with van der Waals surface area (Å²) in [5, 5.41) is 8.95. The van der Waals surface area contributed by atoms with E-state index in [1.807, 2.05) is 0 Å². The second kappa shape index (κ2) is 7.55. The minimum Gasteiger partial charge on any atom is -0.322 e. The fourth-order valence-corrected chi connectivity index (χ4v) is 2.54. The number of hydrogen-bond donors (Lipinski definition) is 2. The van der Waals surface area contributed by atoms with Crippen LogP contribution >= 0.6 is 11.6 Å². The number of anilines is 2. The van der Waals surface area contributed by atoms with E-state index in [0.717, 1.165) is 12.1 Å². The Labute approximate surface area is 157 Å². The average molecular weight is 391 g/mol. The molecule has 0 bridgehead atoms. The van der Waals surface area contributed by atoms with Gasteiger partial charge < -0.3 is 10.6 Å². The largest absolute Gasteiger partial charge is 0.322 e. The van der Waals surface area contributed by atoms with E-state index in [-0.39, 0.29) is 16.3 Å². The summed E-state index contributed by atoms with van der Waals surface area (Å²) in [6, 6.07) is 9.33. The van der Waals surface area contributed by atoms with Crippen molar-refractivity contribution in [3.05, 3.63) is 76.6 Å². The third-order valence-corrected chi connectivity index (χ3v) is 3.89. The molecule has 0 saturated heterocycles. The van der Waals surface area contributed by atoms with Gasteiger partial charge >= 0.3 is 0 Å². The van der Waals surface area contributed by atoms with Crippen molar-refractivity contribution in [3.8, 4) is 0 Å². The van der Waals surface area contributed by atoms with Gasteiger partial charge in [0.15, 0.2) is 17.3 Å². The highest BCUT2D eigenvalue weighted by Gasteiger charge is 2.16. The molecule has 27 heavy (non-hydrogen) atoms. The van der Waals surface area contributed by atoms with Crippen molar-refractivity contribution in [3.63, 3.8) is 0 Å². The molecule has 0 unspecified atom stereocenters. The Kier molecular flexibility index (Phi) is 5.18. The number of carbonyl (C=O) groups excluding carboxylic acids is 2. The minimum atomic E-state index is -1.18. The van der Waals surface area contributed by atoms with Crippen molar-refractivity contribution >= 4 is 34.8 Å². The van der Waals surface area contributed by atoms with Crippen LogP contribution in [-0.4, -0.2) is 21.6 Å². The first kappa shape index (κ1) is 18.5. The number of aryl methyl sites for hydroxylation is 1. The van der Waals surface area contributed by atoms with Crippen molar-refractivity contribution in [1.82, 2.24) is 9.78 Å². The molecule has 0 saturated carbocycles. The van der Waals surface area contributed by atoms with E-state index in [4.69, 9.17) is 11.6 Å². The maximum atomic E-state index is 13.4. The number of aromatic nitrogens is 2. The van der Waals surface area contributed by atoms with Gasteiger partial charge in [-0.15, -0.1) is 0 Å². The summed E-state index contributed by atoms with van der Waals surface area (Å²) in [5.74, 6) is -3.45. The Balaban J connectivity index is 1.75. The zero-order valence-corrected chi connectivity index (χ0v) is 14.7. The van der Waals surface area contributed by atoms with Crippen LogP contribution in [0, 0.1) is 11.6 Å². The number of carbonyl (C=O) groups is 2. The summed E-state index contributed by atoms with van der Waals surface area (Å²) in [7, 11) is 1.69. The Bertz CT molecular complexity index is 1040. The molecule has 0 radical (unpaired) electrons. The number of halogens is 3. The van der Waals surface area contributed by atoms with Crippen LogP contribution in [0.5, 0.6) is 0 Å². The highest BCUT2D eigenvalue weighted by atomic mass is 35.5. The molecule has 9 heteroatoms. The van der Waals surface area contributed by atoms with Gasteiger partial charge in [-0.2, -0.15) is 5.10 Å². The van der Waals surface area contributed by atoms with E-state index in [0.29, 0.717) is 11.4 Å². The molecule has 3 rings (SSSR count). The topological polar surface area (TPSA) is 76.0 Å².